The first-order chi connectivity index (χ1) is 8.15. The van der Waals surface area contributed by atoms with E-state index in [0.29, 0.717) is 43.4 Å². The molecule has 1 rings (SSSR count). The molecule has 0 aromatic carbocycles. The second-order valence-electron chi connectivity index (χ2n) is 3.37. The Bertz CT molecular complexity index is 383. The number of carbonyl (C=O) groups excluding carboxylic acids is 1. The first-order valence-electron chi connectivity index (χ1n) is 5.40. The van der Waals surface area contributed by atoms with Crippen LogP contribution >= 0.6 is 0 Å². The quantitative estimate of drug-likeness (QED) is 0.582. The number of aromatic nitrogens is 2. The van der Waals surface area contributed by atoms with Gasteiger partial charge in [0.25, 0.3) is 0 Å². The molecule has 1 aromatic heterocycles. The number of primary amides is 1. The van der Waals surface area contributed by atoms with Crippen molar-refractivity contribution in [3.8, 4) is 5.88 Å². The van der Waals surface area contributed by atoms with Crippen LogP contribution in [0.4, 0.5) is 11.5 Å². The van der Waals surface area contributed by atoms with Crippen LogP contribution < -0.4 is 21.5 Å². The van der Waals surface area contributed by atoms with E-state index in [-0.39, 0.29) is 5.91 Å². The lowest BCUT2D eigenvalue weighted by Crippen LogP contribution is -2.14. The second kappa shape index (κ2) is 6.51. The Morgan fingerprint density at radius 1 is 1.53 bits per heavy atom. The molecule has 0 fully saturated rings. The number of nitrogen functional groups attached to an aromatic ring is 1. The van der Waals surface area contributed by atoms with E-state index in [1.165, 1.54) is 6.33 Å². The molecule has 0 saturated carbocycles. The number of ether oxygens (including phenoxy) is 1. The van der Waals surface area contributed by atoms with Gasteiger partial charge in [0, 0.05) is 13.0 Å². The van der Waals surface area contributed by atoms with Gasteiger partial charge in [-0.1, -0.05) is 0 Å². The number of amides is 1. The average molecular weight is 239 g/mol. The summed E-state index contributed by atoms with van der Waals surface area (Å²) in [5.41, 5.74) is 11.2. The second-order valence-corrected chi connectivity index (χ2v) is 3.37. The fourth-order valence-electron chi connectivity index (χ4n) is 1.24. The van der Waals surface area contributed by atoms with Crippen molar-refractivity contribution in [1.82, 2.24) is 9.97 Å². The Kier molecular flexibility index (Phi) is 4.99. The highest BCUT2D eigenvalue weighted by molar-refractivity contribution is 5.73. The molecule has 0 aliphatic heterocycles. The highest BCUT2D eigenvalue weighted by Crippen LogP contribution is 2.24. The zero-order valence-electron chi connectivity index (χ0n) is 9.77. The van der Waals surface area contributed by atoms with Crippen molar-refractivity contribution in [2.24, 2.45) is 5.73 Å². The van der Waals surface area contributed by atoms with E-state index < -0.39 is 0 Å². The summed E-state index contributed by atoms with van der Waals surface area (Å²) in [7, 11) is 0. The van der Waals surface area contributed by atoms with Crippen molar-refractivity contribution >= 4 is 17.4 Å². The van der Waals surface area contributed by atoms with Crippen LogP contribution in [0.15, 0.2) is 6.33 Å². The predicted octanol–water partition coefficient (Wildman–Crippen LogP) is 0.135. The number of nitrogens with one attached hydrogen (secondary N) is 1. The minimum atomic E-state index is -0.322. The number of hydrogen-bond donors (Lipinski definition) is 3. The van der Waals surface area contributed by atoms with E-state index in [9.17, 15) is 4.79 Å². The summed E-state index contributed by atoms with van der Waals surface area (Å²) < 4.78 is 5.23. The SMILES string of the molecule is CCOc1ncnc(NCCCC(N)=O)c1N. The minimum absolute atomic E-state index is 0.322. The van der Waals surface area contributed by atoms with Gasteiger partial charge in [-0.15, -0.1) is 0 Å². The molecule has 0 aliphatic carbocycles. The number of carbonyl (C=O) groups is 1. The zero-order chi connectivity index (χ0) is 12.7. The van der Waals surface area contributed by atoms with Crippen molar-refractivity contribution in [2.75, 3.05) is 24.2 Å². The first-order valence-corrected chi connectivity index (χ1v) is 5.40. The summed E-state index contributed by atoms with van der Waals surface area (Å²) in [4.78, 5) is 18.4. The normalized spacial score (nSPS) is 9.94. The number of rotatable bonds is 7. The molecule has 17 heavy (non-hydrogen) atoms. The molecule has 1 heterocycles. The number of hydrogen-bond acceptors (Lipinski definition) is 6. The Balaban J connectivity index is 2.53. The van der Waals surface area contributed by atoms with Crippen LogP contribution in [0.2, 0.25) is 0 Å². The van der Waals surface area contributed by atoms with Gasteiger partial charge < -0.3 is 21.5 Å². The topological polar surface area (TPSA) is 116 Å². The molecular formula is C10H17N5O2. The third-order valence-corrected chi connectivity index (χ3v) is 2.02. The van der Waals surface area contributed by atoms with Crippen LogP contribution in [-0.2, 0) is 4.79 Å². The van der Waals surface area contributed by atoms with Gasteiger partial charge in [0.05, 0.1) is 6.61 Å². The maximum atomic E-state index is 10.5. The Labute approximate surface area is 99.6 Å². The molecular weight excluding hydrogens is 222 g/mol. The van der Waals surface area contributed by atoms with Crippen molar-refractivity contribution in [3.05, 3.63) is 6.33 Å². The molecule has 7 nitrogen and oxygen atoms in total. The summed E-state index contributed by atoms with van der Waals surface area (Å²) in [6.07, 6.45) is 2.33. The van der Waals surface area contributed by atoms with Crippen molar-refractivity contribution in [2.45, 2.75) is 19.8 Å². The van der Waals surface area contributed by atoms with Gasteiger partial charge in [-0.05, 0) is 13.3 Å². The first kappa shape index (κ1) is 13.0. The molecule has 0 saturated heterocycles. The van der Waals surface area contributed by atoms with E-state index in [0.717, 1.165) is 0 Å². The number of anilines is 2. The molecule has 7 heteroatoms. The summed E-state index contributed by atoms with van der Waals surface area (Å²) in [6.45, 7) is 2.90. The fraction of sp³-hybridized carbons (Fsp3) is 0.500. The van der Waals surface area contributed by atoms with Gasteiger partial charge in [0.2, 0.25) is 11.8 Å². The van der Waals surface area contributed by atoms with E-state index in [2.05, 4.69) is 15.3 Å². The third-order valence-electron chi connectivity index (χ3n) is 2.02. The van der Waals surface area contributed by atoms with Gasteiger partial charge in [-0.2, -0.15) is 4.98 Å². The predicted molar refractivity (Wildman–Crippen MR) is 64.5 cm³/mol. The van der Waals surface area contributed by atoms with Gasteiger partial charge in [0.1, 0.15) is 12.0 Å². The van der Waals surface area contributed by atoms with Crippen LogP contribution in [0, 0.1) is 0 Å². The molecule has 5 N–H and O–H groups in total. The third kappa shape index (κ3) is 4.13. The summed E-state index contributed by atoms with van der Waals surface area (Å²) in [5, 5.41) is 3.00. The van der Waals surface area contributed by atoms with Crippen LogP contribution in [0.25, 0.3) is 0 Å². The van der Waals surface area contributed by atoms with Crippen LogP contribution in [0.1, 0.15) is 19.8 Å². The van der Waals surface area contributed by atoms with Gasteiger partial charge in [-0.3, -0.25) is 4.79 Å². The largest absolute Gasteiger partial charge is 0.476 e. The van der Waals surface area contributed by atoms with Crippen molar-refractivity contribution < 1.29 is 9.53 Å². The fourth-order valence-corrected chi connectivity index (χ4v) is 1.24. The zero-order valence-corrected chi connectivity index (χ0v) is 9.77. The van der Waals surface area contributed by atoms with Crippen LogP contribution in [0.5, 0.6) is 5.88 Å². The van der Waals surface area contributed by atoms with Crippen molar-refractivity contribution in [1.29, 1.82) is 0 Å². The number of nitrogens with zero attached hydrogens (tertiary/aromatic N) is 2. The molecule has 1 aromatic rings. The molecule has 1 amide bonds. The highest BCUT2D eigenvalue weighted by Gasteiger charge is 2.08. The molecule has 94 valence electrons. The monoisotopic (exact) mass is 239 g/mol. The standard InChI is InChI=1S/C10H17N5O2/c1-2-17-10-8(12)9(14-6-15-10)13-5-3-4-7(11)16/h6H,2-5,12H2,1H3,(H2,11,16)(H,13,14,15). The molecule has 0 aliphatic rings. The van der Waals surface area contributed by atoms with E-state index in [4.69, 9.17) is 16.2 Å². The van der Waals surface area contributed by atoms with Gasteiger partial charge in [0.15, 0.2) is 5.82 Å². The average Bonchev–Trinajstić information content (AvgIpc) is 2.29. The summed E-state index contributed by atoms with van der Waals surface area (Å²) in [6, 6.07) is 0. The molecule has 0 bridgehead atoms. The van der Waals surface area contributed by atoms with Gasteiger partial charge in [-0.25, -0.2) is 4.98 Å². The van der Waals surface area contributed by atoms with E-state index in [1.807, 2.05) is 6.92 Å². The lowest BCUT2D eigenvalue weighted by Gasteiger charge is -2.10. The molecule has 0 spiro atoms. The molecule has 0 atom stereocenters. The van der Waals surface area contributed by atoms with E-state index >= 15 is 0 Å². The Morgan fingerprint density at radius 3 is 2.94 bits per heavy atom. The lowest BCUT2D eigenvalue weighted by atomic mass is 10.3. The van der Waals surface area contributed by atoms with E-state index in [1.54, 1.807) is 0 Å². The molecule has 0 unspecified atom stereocenters. The number of nitrogens with two attached hydrogens (primary N) is 2. The lowest BCUT2D eigenvalue weighted by molar-refractivity contribution is -0.118. The maximum Gasteiger partial charge on any atom is 0.242 e. The minimum Gasteiger partial charge on any atom is -0.476 e. The highest BCUT2D eigenvalue weighted by atomic mass is 16.5. The van der Waals surface area contributed by atoms with Crippen molar-refractivity contribution in [3.63, 3.8) is 0 Å². The summed E-state index contributed by atoms with van der Waals surface area (Å²) in [5.74, 6) is 0.547. The maximum absolute atomic E-state index is 10.5. The smallest absolute Gasteiger partial charge is 0.242 e. The Hall–Kier alpha value is -2.05. The van der Waals surface area contributed by atoms with Gasteiger partial charge >= 0.3 is 0 Å². The van der Waals surface area contributed by atoms with Crippen LogP contribution in [-0.4, -0.2) is 29.0 Å². The summed E-state index contributed by atoms with van der Waals surface area (Å²) >= 11 is 0. The Morgan fingerprint density at radius 2 is 2.29 bits per heavy atom. The van der Waals surface area contributed by atoms with Crippen LogP contribution in [0.3, 0.4) is 0 Å². The molecule has 0 radical (unpaired) electrons.